The number of nitrogens with one attached hydrogen (secondary N) is 1. The molecule has 184 valence electrons. The standard InChI is InChI=1S/C28H31NO6/c1-28(2,17-6-5-12-25(31)32)26(21-13-15-22(16-14-21)34-19-18-30)35-27(33)29-24-11-7-9-20-8-3-4-10-23(20)24/h3-5,7-16,26,30H,6,17-19H2,1-2H3,(H,29,33)(H,31,32)/b12-5+/t26-/m0/s1. The third-order valence-corrected chi connectivity index (χ3v) is 5.72. The molecule has 0 spiro atoms. The summed E-state index contributed by atoms with van der Waals surface area (Å²) in [5.74, 6) is -0.396. The number of benzene rings is 3. The van der Waals surface area contributed by atoms with Crippen LogP contribution in [-0.2, 0) is 9.53 Å². The van der Waals surface area contributed by atoms with Gasteiger partial charge in [-0.25, -0.2) is 9.59 Å². The monoisotopic (exact) mass is 477 g/mol. The zero-order valence-electron chi connectivity index (χ0n) is 19.9. The van der Waals surface area contributed by atoms with Gasteiger partial charge in [0.25, 0.3) is 0 Å². The first-order valence-corrected chi connectivity index (χ1v) is 11.5. The van der Waals surface area contributed by atoms with Crippen molar-refractivity contribution in [3.05, 3.63) is 84.4 Å². The van der Waals surface area contributed by atoms with Crippen molar-refractivity contribution in [3.63, 3.8) is 0 Å². The van der Waals surface area contributed by atoms with Gasteiger partial charge in [-0.3, -0.25) is 5.32 Å². The van der Waals surface area contributed by atoms with Crippen molar-refractivity contribution in [2.24, 2.45) is 5.41 Å². The van der Waals surface area contributed by atoms with Crippen LogP contribution in [0, 0.1) is 5.41 Å². The molecule has 0 fully saturated rings. The maximum atomic E-state index is 13.0. The number of carbonyl (C=O) groups excluding carboxylic acids is 1. The van der Waals surface area contributed by atoms with Crippen LogP contribution in [0.2, 0.25) is 0 Å². The van der Waals surface area contributed by atoms with Crippen molar-refractivity contribution >= 4 is 28.5 Å². The van der Waals surface area contributed by atoms with Crippen LogP contribution in [0.5, 0.6) is 5.75 Å². The summed E-state index contributed by atoms with van der Waals surface area (Å²) in [6.45, 7) is 4.06. The van der Waals surface area contributed by atoms with Crippen molar-refractivity contribution in [3.8, 4) is 5.75 Å². The first-order valence-electron chi connectivity index (χ1n) is 11.5. The Bertz CT molecular complexity index is 1160. The number of anilines is 1. The third kappa shape index (κ3) is 7.32. The lowest BCUT2D eigenvalue weighted by molar-refractivity contribution is -0.131. The Morgan fingerprint density at radius 1 is 1.03 bits per heavy atom. The van der Waals surface area contributed by atoms with Gasteiger partial charge in [0.15, 0.2) is 0 Å². The van der Waals surface area contributed by atoms with Gasteiger partial charge >= 0.3 is 12.1 Å². The van der Waals surface area contributed by atoms with Crippen molar-refractivity contribution in [1.82, 2.24) is 0 Å². The molecule has 0 aliphatic heterocycles. The van der Waals surface area contributed by atoms with E-state index in [1.54, 1.807) is 18.2 Å². The molecule has 0 saturated heterocycles. The summed E-state index contributed by atoms with van der Waals surface area (Å²) in [4.78, 5) is 23.8. The molecule has 0 radical (unpaired) electrons. The van der Waals surface area contributed by atoms with E-state index < -0.39 is 23.6 Å². The minimum absolute atomic E-state index is 0.0846. The van der Waals surface area contributed by atoms with Crippen molar-refractivity contribution < 1.29 is 29.3 Å². The van der Waals surface area contributed by atoms with E-state index in [4.69, 9.17) is 19.7 Å². The van der Waals surface area contributed by atoms with Gasteiger partial charge in [-0.15, -0.1) is 0 Å². The molecule has 3 aromatic rings. The number of aliphatic hydroxyl groups is 1. The minimum atomic E-state index is -0.997. The number of carboxylic acids is 1. The van der Waals surface area contributed by atoms with Crippen molar-refractivity contribution in [2.45, 2.75) is 32.8 Å². The Balaban J connectivity index is 1.82. The summed E-state index contributed by atoms with van der Waals surface area (Å²) in [6, 6.07) is 20.6. The lowest BCUT2D eigenvalue weighted by Gasteiger charge is -2.34. The predicted octanol–water partition coefficient (Wildman–Crippen LogP) is 5.95. The second-order valence-electron chi connectivity index (χ2n) is 8.85. The fourth-order valence-electron chi connectivity index (χ4n) is 3.93. The van der Waals surface area contributed by atoms with Crippen LogP contribution < -0.4 is 10.1 Å². The summed E-state index contributed by atoms with van der Waals surface area (Å²) >= 11 is 0. The number of aliphatic carboxylic acids is 1. The van der Waals surface area contributed by atoms with E-state index in [-0.39, 0.29) is 13.2 Å². The SMILES string of the molecule is CC(C)(CC/C=C/C(=O)O)[C@@H](OC(=O)Nc1cccc2ccccc12)c1ccc(OCCO)cc1. The van der Waals surface area contributed by atoms with E-state index in [0.29, 0.717) is 24.3 Å². The molecule has 0 bridgehead atoms. The molecule has 0 aliphatic rings. The number of hydrogen-bond acceptors (Lipinski definition) is 5. The first-order chi connectivity index (χ1) is 16.8. The van der Waals surface area contributed by atoms with E-state index in [2.05, 4.69) is 5.32 Å². The molecule has 1 atom stereocenters. The van der Waals surface area contributed by atoms with Crippen molar-refractivity contribution in [1.29, 1.82) is 0 Å². The molecular weight excluding hydrogens is 446 g/mol. The second kappa shape index (κ2) is 12.0. The maximum absolute atomic E-state index is 13.0. The average molecular weight is 478 g/mol. The topological polar surface area (TPSA) is 105 Å². The van der Waals surface area contributed by atoms with Gasteiger partial charge in [-0.05, 0) is 42.0 Å². The summed E-state index contributed by atoms with van der Waals surface area (Å²) in [5.41, 5.74) is 0.926. The highest BCUT2D eigenvalue weighted by Gasteiger charge is 2.34. The maximum Gasteiger partial charge on any atom is 0.412 e. The van der Waals surface area contributed by atoms with Crippen LogP contribution in [0.25, 0.3) is 10.8 Å². The number of allylic oxidation sites excluding steroid dienone is 1. The van der Waals surface area contributed by atoms with E-state index in [9.17, 15) is 9.59 Å². The van der Waals surface area contributed by atoms with E-state index in [1.165, 1.54) is 0 Å². The van der Waals surface area contributed by atoms with Gasteiger partial charge < -0.3 is 19.7 Å². The predicted molar refractivity (Wildman–Crippen MR) is 136 cm³/mol. The van der Waals surface area contributed by atoms with E-state index in [1.807, 2.05) is 68.4 Å². The molecular formula is C28H31NO6. The van der Waals surface area contributed by atoms with Gasteiger partial charge in [0.1, 0.15) is 18.5 Å². The lowest BCUT2D eigenvalue weighted by Crippen LogP contribution is -2.29. The zero-order chi connectivity index (χ0) is 25.3. The number of carboxylic acid groups (broad SMARTS) is 1. The van der Waals surface area contributed by atoms with Gasteiger partial charge in [0.2, 0.25) is 0 Å². The van der Waals surface area contributed by atoms with Gasteiger partial charge in [-0.2, -0.15) is 0 Å². The normalized spacial score (nSPS) is 12.4. The van der Waals surface area contributed by atoms with E-state index in [0.717, 1.165) is 22.4 Å². The van der Waals surface area contributed by atoms with Crippen LogP contribution in [0.1, 0.15) is 38.4 Å². The summed E-state index contributed by atoms with van der Waals surface area (Å²) in [7, 11) is 0. The number of hydrogen-bond donors (Lipinski definition) is 3. The number of ether oxygens (including phenoxy) is 2. The molecule has 3 aromatic carbocycles. The number of fused-ring (bicyclic) bond motifs is 1. The molecule has 0 aromatic heterocycles. The molecule has 0 unspecified atom stereocenters. The highest BCUT2D eigenvalue weighted by atomic mass is 16.6. The minimum Gasteiger partial charge on any atom is -0.491 e. The average Bonchev–Trinajstić information content (AvgIpc) is 2.84. The summed E-state index contributed by atoms with van der Waals surface area (Å²) < 4.78 is 11.4. The Labute approximate surface area is 205 Å². The molecule has 7 heteroatoms. The molecule has 0 aliphatic carbocycles. The van der Waals surface area contributed by atoms with Crippen LogP contribution >= 0.6 is 0 Å². The number of aliphatic hydroxyl groups excluding tert-OH is 1. The van der Waals surface area contributed by atoms with Crippen molar-refractivity contribution in [2.75, 3.05) is 18.5 Å². The summed E-state index contributed by atoms with van der Waals surface area (Å²) in [5, 5.41) is 22.6. The zero-order valence-corrected chi connectivity index (χ0v) is 19.9. The smallest absolute Gasteiger partial charge is 0.412 e. The number of carbonyl (C=O) groups is 2. The molecule has 1 amide bonds. The van der Waals surface area contributed by atoms with Crippen LogP contribution in [0.15, 0.2) is 78.9 Å². The number of rotatable bonds is 11. The van der Waals surface area contributed by atoms with E-state index >= 15 is 0 Å². The lowest BCUT2D eigenvalue weighted by atomic mass is 9.78. The third-order valence-electron chi connectivity index (χ3n) is 5.72. The van der Waals surface area contributed by atoms with Crippen LogP contribution in [0.3, 0.4) is 0 Å². The second-order valence-corrected chi connectivity index (χ2v) is 8.85. The Morgan fingerprint density at radius 3 is 2.46 bits per heavy atom. The van der Waals surface area contributed by atoms with Crippen LogP contribution in [-0.4, -0.2) is 35.5 Å². The highest BCUT2D eigenvalue weighted by Crippen LogP contribution is 2.41. The molecule has 0 saturated carbocycles. The van der Waals surface area contributed by atoms with Gasteiger partial charge in [-0.1, -0.05) is 68.5 Å². The highest BCUT2D eigenvalue weighted by molar-refractivity contribution is 6.00. The number of amides is 1. The Hall–Kier alpha value is -3.84. The largest absolute Gasteiger partial charge is 0.491 e. The molecule has 3 rings (SSSR count). The van der Waals surface area contributed by atoms with Crippen LogP contribution in [0.4, 0.5) is 10.5 Å². The molecule has 7 nitrogen and oxygen atoms in total. The molecule has 3 N–H and O–H groups in total. The fourth-order valence-corrected chi connectivity index (χ4v) is 3.93. The van der Waals surface area contributed by atoms with Gasteiger partial charge in [0, 0.05) is 16.9 Å². The Morgan fingerprint density at radius 2 is 1.74 bits per heavy atom. The van der Waals surface area contributed by atoms with Gasteiger partial charge in [0.05, 0.1) is 12.3 Å². The summed E-state index contributed by atoms with van der Waals surface area (Å²) in [6.07, 6.45) is 2.63. The quantitative estimate of drug-likeness (QED) is 0.295. The molecule has 0 heterocycles. The first kappa shape index (κ1) is 25.8. The molecule has 35 heavy (non-hydrogen) atoms. The Kier molecular flexibility index (Phi) is 8.86. The fraction of sp³-hybridized carbons (Fsp3) is 0.286.